The molecule has 2 rings (SSSR count). The highest BCUT2D eigenvalue weighted by Crippen LogP contribution is 2.31. The molecule has 90 valence electrons. The van der Waals surface area contributed by atoms with Gasteiger partial charge in [-0.15, -0.1) is 0 Å². The summed E-state index contributed by atoms with van der Waals surface area (Å²) in [6.45, 7) is 0. The van der Waals surface area contributed by atoms with E-state index in [1.54, 1.807) is 7.05 Å². The molecule has 0 aromatic carbocycles. The smallest absolute Gasteiger partial charge is 0.153 e. The Bertz CT molecular complexity index is 568. The van der Waals surface area contributed by atoms with Gasteiger partial charge in [0.05, 0.1) is 16.7 Å². The lowest BCUT2D eigenvalue weighted by molar-refractivity contribution is 1.20. The molecule has 2 aromatic heterocycles. The minimum Gasteiger partial charge on any atom is -0.371 e. The largest absolute Gasteiger partial charge is 0.371 e. The number of nitrogens with zero attached hydrogens (tertiary/aromatic N) is 2. The van der Waals surface area contributed by atoms with Gasteiger partial charge in [0.1, 0.15) is 28.3 Å². The van der Waals surface area contributed by atoms with Gasteiger partial charge in [0.25, 0.3) is 0 Å². The molecule has 0 bridgehead atoms. The van der Waals surface area contributed by atoms with Gasteiger partial charge in [0.15, 0.2) is 5.82 Å². The molecule has 0 aliphatic carbocycles. The van der Waals surface area contributed by atoms with Gasteiger partial charge in [-0.25, -0.2) is 9.97 Å². The summed E-state index contributed by atoms with van der Waals surface area (Å²) in [5, 5.41) is 10.4. The number of nitrogens with one attached hydrogen (secondary N) is 4. The third-order valence-corrected chi connectivity index (χ3v) is 2.88. The molecular weight excluding hydrogens is 283 g/mol. The average molecular weight is 291 g/mol. The van der Waals surface area contributed by atoms with Crippen LogP contribution in [0.3, 0.4) is 0 Å². The summed E-state index contributed by atoms with van der Waals surface area (Å²) in [4.78, 5) is 11.2. The van der Waals surface area contributed by atoms with Crippen molar-refractivity contribution in [2.75, 3.05) is 17.1 Å². The average Bonchev–Trinajstić information content (AvgIpc) is 2.67. The molecule has 0 unspecified atom stereocenters. The summed E-state index contributed by atoms with van der Waals surface area (Å²) in [6, 6.07) is 0. The van der Waals surface area contributed by atoms with E-state index in [1.807, 2.05) is 0 Å². The molecule has 0 radical (unpaired) electrons. The number of anilines is 2. The van der Waals surface area contributed by atoms with E-state index in [0.717, 1.165) is 11.2 Å². The SMILES string of the molecule is CNc1ncnc2c(C(=N)Cl)c(NSCl)[nH]c12. The van der Waals surface area contributed by atoms with Crippen LogP contribution in [0.15, 0.2) is 6.33 Å². The van der Waals surface area contributed by atoms with Crippen molar-refractivity contribution in [2.45, 2.75) is 0 Å². The normalized spacial score (nSPS) is 10.5. The van der Waals surface area contributed by atoms with Crippen molar-refractivity contribution in [2.24, 2.45) is 0 Å². The number of hydrogen-bond donors (Lipinski definition) is 4. The van der Waals surface area contributed by atoms with E-state index < -0.39 is 0 Å². The Morgan fingerprint density at radius 1 is 1.53 bits per heavy atom. The first-order chi connectivity index (χ1) is 8.19. The van der Waals surface area contributed by atoms with Crippen molar-refractivity contribution in [3.8, 4) is 0 Å². The number of aromatic nitrogens is 3. The number of halogens is 2. The van der Waals surface area contributed by atoms with Crippen LogP contribution in [0.2, 0.25) is 0 Å². The number of fused-ring (bicyclic) bond motifs is 1. The first-order valence-electron chi connectivity index (χ1n) is 4.51. The standard InChI is InChI=1S/C8H8Cl2N6S/c1-12-8-5-4(13-2-14-8)3(6(9)11)7(15-5)16-17-10/h2,11,15-16H,1H3,(H,12,13,14). The van der Waals surface area contributed by atoms with Crippen LogP contribution in [0.4, 0.5) is 11.6 Å². The molecule has 0 fully saturated rings. The first-order valence-corrected chi connectivity index (χ1v) is 6.53. The Labute approximate surface area is 111 Å². The second-order valence-electron chi connectivity index (χ2n) is 3.06. The maximum atomic E-state index is 7.55. The topological polar surface area (TPSA) is 89.5 Å². The quantitative estimate of drug-likeness (QED) is 0.514. The van der Waals surface area contributed by atoms with Gasteiger partial charge in [0.2, 0.25) is 0 Å². The fourth-order valence-corrected chi connectivity index (χ4v) is 2.16. The van der Waals surface area contributed by atoms with Crippen LogP contribution in [0, 0.1) is 5.41 Å². The number of hydrogen-bond acceptors (Lipinski definition) is 6. The highest BCUT2D eigenvalue weighted by Gasteiger charge is 2.18. The van der Waals surface area contributed by atoms with Crippen molar-refractivity contribution < 1.29 is 0 Å². The van der Waals surface area contributed by atoms with Crippen LogP contribution >= 0.6 is 33.4 Å². The van der Waals surface area contributed by atoms with E-state index >= 15 is 0 Å². The van der Waals surface area contributed by atoms with Gasteiger partial charge in [-0.2, -0.15) is 0 Å². The second-order valence-corrected chi connectivity index (χ2v) is 4.26. The van der Waals surface area contributed by atoms with Crippen molar-refractivity contribution in [1.29, 1.82) is 5.41 Å². The van der Waals surface area contributed by atoms with E-state index in [4.69, 9.17) is 27.7 Å². The minimum atomic E-state index is -0.120. The maximum Gasteiger partial charge on any atom is 0.153 e. The van der Waals surface area contributed by atoms with Crippen LogP contribution in [0.1, 0.15) is 5.56 Å². The van der Waals surface area contributed by atoms with Crippen LogP contribution in [0.25, 0.3) is 11.0 Å². The Morgan fingerprint density at radius 2 is 2.29 bits per heavy atom. The third kappa shape index (κ3) is 2.13. The van der Waals surface area contributed by atoms with Crippen molar-refractivity contribution >= 4 is 61.3 Å². The molecule has 0 spiro atoms. The van der Waals surface area contributed by atoms with Crippen molar-refractivity contribution in [3.63, 3.8) is 0 Å². The van der Waals surface area contributed by atoms with E-state index in [2.05, 4.69) is 25.0 Å². The predicted octanol–water partition coefficient (Wildman–Crippen LogP) is 2.78. The number of rotatable bonds is 4. The molecular formula is C8H8Cl2N6S. The lowest BCUT2D eigenvalue weighted by Gasteiger charge is -1.99. The van der Waals surface area contributed by atoms with Crippen LogP contribution in [-0.4, -0.2) is 27.2 Å². The molecule has 2 heterocycles. The zero-order chi connectivity index (χ0) is 12.4. The summed E-state index contributed by atoms with van der Waals surface area (Å²) in [7, 11) is 7.28. The molecule has 0 aliphatic rings. The van der Waals surface area contributed by atoms with Gasteiger partial charge < -0.3 is 15.0 Å². The van der Waals surface area contributed by atoms with Gasteiger partial charge in [-0.3, -0.25) is 5.41 Å². The lowest BCUT2D eigenvalue weighted by atomic mass is 10.3. The van der Waals surface area contributed by atoms with Crippen molar-refractivity contribution in [3.05, 3.63) is 11.9 Å². The molecule has 6 nitrogen and oxygen atoms in total. The fourth-order valence-electron chi connectivity index (χ4n) is 1.52. The van der Waals surface area contributed by atoms with Crippen LogP contribution < -0.4 is 10.0 Å². The lowest BCUT2D eigenvalue weighted by Crippen LogP contribution is -1.95. The van der Waals surface area contributed by atoms with Crippen molar-refractivity contribution in [1.82, 2.24) is 15.0 Å². The summed E-state index contributed by atoms with van der Waals surface area (Å²) < 4.78 is 2.80. The molecule has 9 heteroatoms. The summed E-state index contributed by atoms with van der Waals surface area (Å²) in [5.74, 6) is 1.15. The van der Waals surface area contributed by atoms with E-state index in [-0.39, 0.29) is 5.17 Å². The monoisotopic (exact) mass is 290 g/mol. The predicted molar refractivity (Wildman–Crippen MR) is 73.2 cm³/mol. The van der Waals surface area contributed by atoms with E-state index in [0.29, 0.717) is 28.2 Å². The highest BCUT2D eigenvalue weighted by atomic mass is 35.7. The van der Waals surface area contributed by atoms with Crippen LogP contribution in [-0.2, 0) is 0 Å². The minimum absolute atomic E-state index is 0.120. The van der Waals surface area contributed by atoms with Crippen LogP contribution in [0.5, 0.6) is 0 Å². The molecule has 0 saturated heterocycles. The number of H-pyrrole nitrogens is 1. The highest BCUT2D eigenvalue weighted by molar-refractivity contribution is 8.22. The zero-order valence-corrected chi connectivity index (χ0v) is 11.0. The Kier molecular flexibility index (Phi) is 3.60. The molecule has 4 N–H and O–H groups in total. The summed E-state index contributed by atoms with van der Waals surface area (Å²) in [6.07, 6.45) is 1.41. The molecule has 0 aliphatic heterocycles. The Morgan fingerprint density at radius 3 is 2.88 bits per heavy atom. The first kappa shape index (κ1) is 12.3. The van der Waals surface area contributed by atoms with Gasteiger partial charge in [-0.1, -0.05) is 11.6 Å². The Hall–Kier alpha value is -1.18. The third-order valence-electron chi connectivity index (χ3n) is 2.18. The Balaban J connectivity index is 2.74. The maximum absolute atomic E-state index is 7.55. The summed E-state index contributed by atoms with van der Waals surface area (Å²) in [5.41, 5.74) is 1.70. The zero-order valence-electron chi connectivity index (χ0n) is 8.64. The fraction of sp³-hybridized carbons (Fsp3) is 0.125. The number of aromatic amines is 1. The van der Waals surface area contributed by atoms with Gasteiger partial charge >= 0.3 is 0 Å². The summed E-state index contributed by atoms with van der Waals surface area (Å²) >= 11 is 6.63. The van der Waals surface area contributed by atoms with E-state index in [9.17, 15) is 0 Å². The molecule has 0 atom stereocenters. The second kappa shape index (κ2) is 4.99. The molecule has 2 aromatic rings. The van der Waals surface area contributed by atoms with E-state index in [1.165, 1.54) is 6.33 Å². The molecule has 17 heavy (non-hydrogen) atoms. The van der Waals surface area contributed by atoms with Gasteiger partial charge in [0, 0.05) is 7.05 Å². The van der Waals surface area contributed by atoms with Gasteiger partial charge in [-0.05, 0) is 10.7 Å². The molecule has 0 saturated carbocycles. The molecule has 0 amide bonds.